The molecule has 1 aromatic rings. The Bertz CT molecular complexity index is 486. The van der Waals surface area contributed by atoms with E-state index in [0.717, 1.165) is 17.7 Å². The van der Waals surface area contributed by atoms with Crippen LogP contribution in [0.25, 0.3) is 0 Å². The Balaban J connectivity index is 1.94. The molecule has 0 unspecified atom stereocenters. The maximum atomic E-state index is 12.8. The Morgan fingerprint density at radius 2 is 1.76 bits per heavy atom. The molecule has 1 saturated carbocycles. The summed E-state index contributed by atoms with van der Waals surface area (Å²) in [6.45, 7) is 0. The van der Waals surface area contributed by atoms with E-state index in [4.69, 9.17) is 0 Å². The van der Waals surface area contributed by atoms with Gasteiger partial charge in [0.05, 0.1) is 0 Å². The zero-order valence-corrected chi connectivity index (χ0v) is 11.9. The number of carbonyl (C=O) groups is 1. The zero-order chi connectivity index (χ0) is 15.5. The third kappa shape index (κ3) is 4.12. The lowest BCUT2D eigenvalue weighted by Crippen LogP contribution is -2.40. The molecule has 1 amide bonds. The average molecular weight is 321 g/mol. The van der Waals surface area contributed by atoms with Crippen LogP contribution in [-0.2, 0) is 4.79 Å². The SMILES string of the molecule is O=C(Nc1ccc(SC2CCCC2)cc1)C(F)(F)C(F)F. The second kappa shape index (κ2) is 6.68. The van der Waals surface area contributed by atoms with Gasteiger partial charge in [-0.3, -0.25) is 4.79 Å². The molecular formula is C14H15F4NOS. The molecule has 2 rings (SSSR count). The van der Waals surface area contributed by atoms with Gasteiger partial charge in [0.1, 0.15) is 0 Å². The predicted molar refractivity (Wildman–Crippen MR) is 74.1 cm³/mol. The van der Waals surface area contributed by atoms with Crippen LogP contribution in [-0.4, -0.2) is 23.5 Å². The van der Waals surface area contributed by atoms with Crippen molar-refractivity contribution >= 4 is 23.4 Å². The van der Waals surface area contributed by atoms with Crippen LogP contribution in [0.3, 0.4) is 0 Å². The molecule has 116 valence electrons. The molecule has 0 saturated heterocycles. The third-order valence-corrected chi connectivity index (χ3v) is 4.64. The molecule has 2 nitrogen and oxygen atoms in total. The Kier molecular flexibility index (Phi) is 5.13. The molecule has 7 heteroatoms. The maximum Gasteiger partial charge on any atom is 0.383 e. The third-order valence-electron chi connectivity index (χ3n) is 3.29. The van der Waals surface area contributed by atoms with Crippen molar-refractivity contribution in [3.05, 3.63) is 24.3 Å². The lowest BCUT2D eigenvalue weighted by Gasteiger charge is -2.15. The van der Waals surface area contributed by atoms with Gasteiger partial charge < -0.3 is 5.32 Å². The zero-order valence-electron chi connectivity index (χ0n) is 11.1. The van der Waals surface area contributed by atoms with E-state index in [-0.39, 0.29) is 5.69 Å². The van der Waals surface area contributed by atoms with Crippen LogP contribution < -0.4 is 5.32 Å². The van der Waals surface area contributed by atoms with Crippen LogP contribution in [0.4, 0.5) is 23.2 Å². The van der Waals surface area contributed by atoms with Gasteiger partial charge in [-0.05, 0) is 37.1 Å². The van der Waals surface area contributed by atoms with E-state index in [0.29, 0.717) is 5.25 Å². The monoisotopic (exact) mass is 321 g/mol. The first kappa shape index (κ1) is 16.1. The van der Waals surface area contributed by atoms with E-state index in [1.54, 1.807) is 29.2 Å². The highest BCUT2D eigenvalue weighted by atomic mass is 32.2. The number of benzene rings is 1. The molecule has 0 bridgehead atoms. The second-order valence-electron chi connectivity index (χ2n) is 4.93. The number of hydrogen-bond donors (Lipinski definition) is 1. The molecule has 1 fully saturated rings. The number of amides is 1. The van der Waals surface area contributed by atoms with Crippen molar-refractivity contribution in [2.45, 2.75) is 48.2 Å². The van der Waals surface area contributed by atoms with Gasteiger partial charge in [-0.2, -0.15) is 8.78 Å². The van der Waals surface area contributed by atoms with Crippen molar-refractivity contribution in [3.63, 3.8) is 0 Å². The van der Waals surface area contributed by atoms with Crippen LogP contribution >= 0.6 is 11.8 Å². The first-order valence-electron chi connectivity index (χ1n) is 6.63. The summed E-state index contributed by atoms with van der Waals surface area (Å²) >= 11 is 1.71. The highest BCUT2D eigenvalue weighted by molar-refractivity contribution is 8.00. The first-order chi connectivity index (χ1) is 9.89. The van der Waals surface area contributed by atoms with E-state index in [1.165, 1.54) is 25.0 Å². The number of carbonyl (C=O) groups excluding carboxylic acids is 1. The van der Waals surface area contributed by atoms with Gasteiger partial charge in [0.2, 0.25) is 0 Å². The quantitative estimate of drug-likeness (QED) is 0.806. The first-order valence-corrected chi connectivity index (χ1v) is 7.51. The van der Waals surface area contributed by atoms with Gasteiger partial charge in [0.25, 0.3) is 0 Å². The summed E-state index contributed by atoms with van der Waals surface area (Å²) in [7, 11) is 0. The van der Waals surface area contributed by atoms with Crippen LogP contribution in [0.5, 0.6) is 0 Å². The van der Waals surface area contributed by atoms with Gasteiger partial charge in [0, 0.05) is 15.8 Å². The lowest BCUT2D eigenvalue weighted by atomic mass is 10.3. The lowest BCUT2D eigenvalue weighted by molar-refractivity contribution is -0.163. The van der Waals surface area contributed by atoms with Gasteiger partial charge in [0.15, 0.2) is 0 Å². The van der Waals surface area contributed by atoms with Crippen molar-refractivity contribution in [1.29, 1.82) is 0 Å². The average Bonchev–Trinajstić information content (AvgIpc) is 2.93. The Morgan fingerprint density at radius 3 is 2.29 bits per heavy atom. The summed E-state index contributed by atoms with van der Waals surface area (Å²) in [4.78, 5) is 12.1. The molecule has 0 aliphatic heterocycles. The van der Waals surface area contributed by atoms with Crippen molar-refractivity contribution in [2.75, 3.05) is 5.32 Å². The topological polar surface area (TPSA) is 29.1 Å². The van der Waals surface area contributed by atoms with Gasteiger partial charge in [-0.1, -0.05) is 12.8 Å². The second-order valence-corrected chi connectivity index (χ2v) is 6.30. The largest absolute Gasteiger partial charge is 0.383 e. The smallest absolute Gasteiger partial charge is 0.321 e. The number of hydrogen-bond acceptors (Lipinski definition) is 2. The van der Waals surface area contributed by atoms with E-state index >= 15 is 0 Å². The predicted octanol–water partition coefficient (Wildman–Crippen LogP) is 4.56. The Morgan fingerprint density at radius 1 is 1.19 bits per heavy atom. The normalized spacial score (nSPS) is 16.4. The fraction of sp³-hybridized carbons (Fsp3) is 0.500. The van der Waals surface area contributed by atoms with Crippen molar-refractivity contribution in [2.24, 2.45) is 0 Å². The number of alkyl halides is 4. The summed E-state index contributed by atoms with van der Waals surface area (Å²) in [6, 6.07) is 6.27. The Labute approximate surface area is 124 Å². The van der Waals surface area contributed by atoms with Crippen molar-refractivity contribution < 1.29 is 22.4 Å². The maximum absolute atomic E-state index is 12.8. The molecular weight excluding hydrogens is 306 g/mol. The molecule has 0 radical (unpaired) electrons. The fourth-order valence-corrected chi connectivity index (χ4v) is 3.38. The highest BCUT2D eigenvalue weighted by Gasteiger charge is 2.48. The van der Waals surface area contributed by atoms with E-state index in [2.05, 4.69) is 0 Å². The summed E-state index contributed by atoms with van der Waals surface area (Å²) in [6.07, 6.45) is 0.728. The number of anilines is 1. The molecule has 1 aliphatic carbocycles. The minimum absolute atomic E-state index is 0.0797. The van der Waals surface area contributed by atoms with Crippen molar-refractivity contribution in [3.8, 4) is 0 Å². The molecule has 0 heterocycles. The molecule has 1 aliphatic rings. The van der Waals surface area contributed by atoms with Crippen molar-refractivity contribution in [1.82, 2.24) is 0 Å². The Hall–Kier alpha value is -1.24. The summed E-state index contributed by atoms with van der Waals surface area (Å²) in [5, 5.41) is 2.37. The molecule has 0 aromatic heterocycles. The number of thioether (sulfide) groups is 1. The minimum Gasteiger partial charge on any atom is -0.321 e. The fourth-order valence-electron chi connectivity index (χ4n) is 2.13. The number of rotatable bonds is 5. The van der Waals surface area contributed by atoms with E-state index < -0.39 is 18.3 Å². The standard InChI is InChI=1S/C14H15F4NOS/c15-12(16)14(17,18)13(20)19-9-5-7-11(8-6-9)21-10-3-1-2-4-10/h5-8,10,12H,1-4H2,(H,19,20). The number of nitrogens with one attached hydrogen (secondary N) is 1. The minimum atomic E-state index is -4.68. The van der Waals surface area contributed by atoms with Crippen LogP contribution in [0, 0.1) is 0 Å². The van der Waals surface area contributed by atoms with Crippen LogP contribution in [0.15, 0.2) is 29.2 Å². The number of halogens is 4. The van der Waals surface area contributed by atoms with E-state index in [9.17, 15) is 22.4 Å². The molecule has 1 aromatic carbocycles. The van der Waals surface area contributed by atoms with E-state index in [1.807, 2.05) is 0 Å². The van der Waals surface area contributed by atoms with Gasteiger partial charge >= 0.3 is 18.3 Å². The molecule has 1 N–H and O–H groups in total. The summed E-state index contributed by atoms with van der Waals surface area (Å²) in [5.74, 6) is -6.68. The van der Waals surface area contributed by atoms with Gasteiger partial charge in [-0.15, -0.1) is 11.8 Å². The summed E-state index contributed by atoms with van der Waals surface area (Å²) < 4.78 is 49.7. The van der Waals surface area contributed by atoms with Crippen LogP contribution in [0.1, 0.15) is 25.7 Å². The molecule has 0 atom stereocenters. The summed E-state index contributed by atoms with van der Waals surface area (Å²) in [5.41, 5.74) is 0.0797. The molecule has 21 heavy (non-hydrogen) atoms. The van der Waals surface area contributed by atoms with Gasteiger partial charge in [-0.25, -0.2) is 8.78 Å². The highest BCUT2D eigenvalue weighted by Crippen LogP contribution is 2.35. The molecule has 0 spiro atoms. The van der Waals surface area contributed by atoms with Crippen LogP contribution in [0.2, 0.25) is 0 Å².